The standard InChI is InChI=1S/C32H31N5O2/c38-32(26-7-2-1-3-8-26)33-27-15-13-25(14-16-27)29-9-6-10-31-34-30(35-37(29)31)23-24-11-17-28(18-12-24)39-22-21-36-19-4-5-20-36/h1-3,6-18H,4-5,19-23H2,(H,33,38). The van der Waals surface area contributed by atoms with Crippen LogP contribution < -0.4 is 10.1 Å². The fraction of sp³-hybridized carbons (Fsp3) is 0.219. The summed E-state index contributed by atoms with van der Waals surface area (Å²) in [5.74, 6) is 1.52. The zero-order chi connectivity index (χ0) is 26.4. The van der Waals surface area contributed by atoms with Crippen molar-refractivity contribution in [2.45, 2.75) is 19.3 Å². The lowest BCUT2D eigenvalue weighted by atomic mass is 10.1. The SMILES string of the molecule is O=C(Nc1ccc(-c2cccc3nc(Cc4ccc(OCCN5CCCC5)cc4)nn23)cc1)c1ccccc1. The Kier molecular flexibility index (Phi) is 7.32. The van der Waals surface area contributed by atoms with Crippen molar-refractivity contribution in [2.24, 2.45) is 0 Å². The van der Waals surface area contributed by atoms with Crippen LogP contribution in [-0.4, -0.2) is 51.6 Å². The van der Waals surface area contributed by atoms with Gasteiger partial charge >= 0.3 is 0 Å². The Bertz CT molecular complexity index is 1540. The molecule has 0 saturated carbocycles. The predicted molar refractivity (Wildman–Crippen MR) is 153 cm³/mol. The molecule has 0 spiro atoms. The first-order valence-corrected chi connectivity index (χ1v) is 13.5. The molecule has 1 fully saturated rings. The number of hydrogen-bond acceptors (Lipinski definition) is 5. The van der Waals surface area contributed by atoms with Crippen molar-refractivity contribution in [1.82, 2.24) is 19.5 Å². The van der Waals surface area contributed by atoms with Crippen molar-refractivity contribution in [1.29, 1.82) is 0 Å². The zero-order valence-electron chi connectivity index (χ0n) is 21.8. The Labute approximate surface area is 228 Å². The van der Waals surface area contributed by atoms with Gasteiger partial charge in [-0.15, -0.1) is 0 Å². The molecule has 0 radical (unpaired) electrons. The van der Waals surface area contributed by atoms with Crippen molar-refractivity contribution in [2.75, 3.05) is 31.6 Å². The third-order valence-electron chi connectivity index (χ3n) is 7.04. The highest BCUT2D eigenvalue weighted by molar-refractivity contribution is 6.04. The Morgan fingerprint density at radius 3 is 2.38 bits per heavy atom. The van der Waals surface area contributed by atoms with Gasteiger partial charge in [0.1, 0.15) is 12.4 Å². The smallest absolute Gasteiger partial charge is 0.255 e. The number of carbonyl (C=O) groups excluding carboxylic acids is 1. The Morgan fingerprint density at radius 1 is 0.846 bits per heavy atom. The van der Waals surface area contributed by atoms with E-state index >= 15 is 0 Å². The molecule has 7 nitrogen and oxygen atoms in total. The fourth-order valence-electron chi connectivity index (χ4n) is 4.95. The summed E-state index contributed by atoms with van der Waals surface area (Å²) in [5, 5.41) is 7.76. The minimum Gasteiger partial charge on any atom is -0.492 e. The third-order valence-corrected chi connectivity index (χ3v) is 7.04. The lowest BCUT2D eigenvalue weighted by Gasteiger charge is -2.14. The molecule has 1 N–H and O–H groups in total. The maximum atomic E-state index is 12.5. The number of hydrogen-bond donors (Lipinski definition) is 1. The van der Waals surface area contributed by atoms with E-state index in [4.69, 9.17) is 14.8 Å². The molecule has 0 aliphatic carbocycles. The van der Waals surface area contributed by atoms with Gasteiger partial charge in [-0.05, 0) is 80.0 Å². The number of aromatic nitrogens is 3. The number of carbonyl (C=O) groups is 1. The Balaban J connectivity index is 1.11. The summed E-state index contributed by atoms with van der Waals surface area (Å²) in [5.41, 5.74) is 5.23. The average Bonchev–Trinajstić information content (AvgIpc) is 3.64. The van der Waals surface area contributed by atoms with E-state index < -0.39 is 0 Å². The number of pyridine rings is 1. The minimum absolute atomic E-state index is 0.131. The number of rotatable bonds is 9. The highest BCUT2D eigenvalue weighted by Gasteiger charge is 2.12. The molecule has 3 heterocycles. The van der Waals surface area contributed by atoms with Gasteiger partial charge in [0.15, 0.2) is 11.5 Å². The van der Waals surface area contributed by atoms with E-state index in [1.54, 1.807) is 12.1 Å². The highest BCUT2D eigenvalue weighted by Crippen LogP contribution is 2.23. The van der Waals surface area contributed by atoms with Gasteiger partial charge in [-0.2, -0.15) is 5.10 Å². The van der Waals surface area contributed by atoms with Crippen LogP contribution in [-0.2, 0) is 6.42 Å². The lowest BCUT2D eigenvalue weighted by Crippen LogP contribution is -2.25. The molecule has 7 heteroatoms. The molecule has 0 unspecified atom stereocenters. The van der Waals surface area contributed by atoms with Crippen LogP contribution in [0.3, 0.4) is 0 Å². The van der Waals surface area contributed by atoms with Crippen LogP contribution >= 0.6 is 0 Å². The molecule has 6 rings (SSSR count). The van der Waals surface area contributed by atoms with Gasteiger partial charge in [0.05, 0.1) is 5.69 Å². The second-order valence-electron chi connectivity index (χ2n) is 9.82. The number of nitrogens with one attached hydrogen (secondary N) is 1. The number of amides is 1. The van der Waals surface area contributed by atoms with Crippen LogP contribution in [0.4, 0.5) is 5.69 Å². The van der Waals surface area contributed by atoms with E-state index in [9.17, 15) is 4.79 Å². The van der Waals surface area contributed by atoms with Gasteiger partial charge < -0.3 is 10.1 Å². The summed E-state index contributed by atoms with van der Waals surface area (Å²) in [6.07, 6.45) is 3.24. The Hall–Kier alpha value is -4.49. The molecule has 1 aliphatic heterocycles. The Morgan fingerprint density at radius 2 is 1.62 bits per heavy atom. The lowest BCUT2D eigenvalue weighted by molar-refractivity contribution is 0.102. The van der Waals surface area contributed by atoms with Crippen molar-refractivity contribution in [3.8, 4) is 17.0 Å². The number of anilines is 1. The molecule has 1 aliphatic rings. The van der Waals surface area contributed by atoms with E-state index in [1.807, 2.05) is 77.3 Å². The second-order valence-corrected chi connectivity index (χ2v) is 9.82. The summed E-state index contributed by atoms with van der Waals surface area (Å²) in [4.78, 5) is 19.7. The van der Waals surface area contributed by atoms with Crippen molar-refractivity contribution < 1.29 is 9.53 Å². The number of benzene rings is 3. The molecule has 39 heavy (non-hydrogen) atoms. The average molecular weight is 518 g/mol. The van der Waals surface area contributed by atoms with Crippen LogP contribution in [0.25, 0.3) is 16.9 Å². The maximum Gasteiger partial charge on any atom is 0.255 e. The van der Waals surface area contributed by atoms with Crippen LogP contribution in [0.5, 0.6) is 5.75 Å². The normalized spacial score (nSPS) is 13.5. The third kappa shape index (κ3) is 5.99. The highest BCUT2D eigenvalue weighted by atomic mass is 16.5. The monoisotopic (exact) mass is 517 g/mol. The first kappa shape index (κ1) is 24.8. The molecule has 3 aromatic carbocycles. The molecule has 2 aromatic heterocycles. The predicted octanol–water partition coefficient (Wildman–Crippen LogP) is 5.71. The first-order chi connectivity index (χ1) is 19.2. The van der Waals surface area contributed by atoms with E-state index in [1.165, 1.54) is 25.9 Å². The number of ether oxygens (including phenoxy) is 1. The fourth-order valence-corrected chi connectivity index (χ4v) is 4.95. The molecule has 5 aromatic rings. The summed E-state index contributed by atoms with van der Waals surface area (Å²) in [6.45, 7) is 4.08. The van der Waals surface area contributed by atoms with Crippen molar-refractivity contribution in [3.05, 3.63) is 114 Å². The molecular formula is C32H31N5O2. The van der Waals surface area contributed by atoms with E-state index in [-0.39, 0.29) is 5.91 Å². The van der Waals surface area contributed by atoms with Gasteiger partial charge in [-0.25, -0.2) is 9.50 Å². The molecule has 1 saturated heterocycles. The second kappa shape index (κ2) is 11.5. The summed E-state index contributed by atoms with van der Waals surface area (Å²) < 4.78 is 7.82. The quantitative estimate of drug-likeness (QED) is 0.271. The molecule has 196 valence electrons. The van der Waals surface area contributed by atoms with E-state index in [0.717, 1.165) is 52.9 Å². The zero-order valence-corrected chi connectivity index (χ0v) is 21.8. The van der Waals surface area contributed by atoms with Gasteiger partial charge in [-0.1, -0.05) is 48.5 Å². The van der Waals surface area contributed by atoms with Crippen LogP contribution in [0.2, 0.25) is 0 Å². The van der Waals surface area contributed by atoms with Gasteiger partial charge in [0.2, 0.25) is 0 Å². The van der Waals surface area contributed by atoms with Crippen molar-refractivity contribution in [3.63, 3.8) is 0 Å². The van der Waals surface area contributed by atoms with Crippen molar-refractivity contribution >= 4 is 17.2 Å². The number of fused-ring (bicyclic) bond motifs is 1. The van der Waals surface area contributed by atoms with Gasteiger partial charge in [0, 0.05) is 29.8 Å². The molecule has 1 amide bonds. The molecule has 0 atom stereocenters. The van der Waals surface area contributed by atoms with Crippen LogP contribution in [0, 0.1) is 0 Å². The number of likely N-dealkylation sites (tertiary alicyclic amines) is 1. The summed E-state index contributed by atoms with van der Waals surface area (Å²) >= 11 is 0. The van der Waals surface area contributed by atoms with Crippen LogP contribution in [0.1, 0.15) is 34.6 Å². The van der Waals surface area contributed by atoms with Gasteiger partial charge in [0.25, 0.3) is 5.91 Å². The van der Waals surface area contributed by atoms with E-state index in [0.29, 0.717) is 12.0 Å². The van der Waals surface area contributed by atoms with Gasteiger partial charge in [-0.3, -0.25) is 9.69 Å². The maximum absolute atomic E-state index is 12.5. The number of nitrogens with zero attached hydrogens (tertiary/aromatic N) is 4. The largest absolute Gasteiger partial charge is 0.492 e. The summed E-state index contributed by atoms with van der Waals surface area (Å²) in [7, 11) is 0. The molecular weight excluding hydrogens is 486 g/mol. The van der Waals surface area contributed by atoms with Crippen LogP contribution in [0.15, 0.2) is 97.1 Å². The molecule has 0 bridgehead atoms. The minimum atomic E-state index is -0.131. The van der Waals surface area contributed by atoms with E-state index in [2.05, 4.69) is 22.3 Å². The summed E-state index contributed by atoms with van der Waals surface area (Å²) in [6, 6.07) is 31.2. The topological polar surface area (TPSA) is 71.8 Å². The first-order valence-electron chi connectivity index (χ1n) is 13.5.